The van der Waals surface area contributed by atoms with Crippen LogP contribution in [0, 0.1) is 16.7 Å². The number of amides is 1. The van der Waals surface area contributed by atoms with Gasteiger partial charge in [-0.15, -0.1) is 6.58 Å². The summed E-state index contributed by atoms with van der Waals surface area (Å²) in [7, 11) is 0. The van der Waals surface area contributed by atoms with Gasteiger partial charge in [0.2, 0.25) is 5.91 Å². The lowest BCUT2D eigenvalue weighted by atomic mass is 9.80. The van der Waals surface area contributed by atoms with E-state index < -0.39 is 11.3 Å². The molecule has 1 aromatic carbocycles. The van der Waals surface area contributed by atoms with Crippen molar-refractivity contribution in [3.63, 3.8) is 0 Å². The molecule has 0 saturated carbocycles. The van der Waals surface area contributed by atoms with Gasteiger partial charge in [0.15, 0.2) is 0 Å². The summed E-state index contributed by atoms with van der Waals surface area (Å²) >= 11 is 0. The van der Waals surface area contributed by atoms with Crippen molar-refractivity contribution in [2.45, 2.75) is 19.3 Å². The van der Waals surface area contributed by atoms with E-state index in [1.807, 2.05) is 36.4 Å². The van der Waals surface area contributed by atoms with E-state index >= 15 is 0 Å². The topological polar surface area (TPSA) is 66.9 Å². The van der Waals surface area contributed by atoms with E-state index in [0.717, 1.165) is 5.56 Å². The second-order valence-corrected chi connectivity index (χ2v) is 4.04. The minimum Gasteiger partial charge on any atom is -0.368 e. The van der Waals surface area contributed by atoms with Crippen molar-refractivity contribution in [3.05, 3.63) is 48.6 Å². The number of benzene rings is 1. The maximum atomic E-state index is 11.4. The summed E-state index contributed by atoms with van der Waals surface area (Å²) in [6.45, 7) is 3.57. The number of hydrogen-bond donors (Lipinski definition) is 1. The van der Waals surface area contributed by atoms with Gasteiger partial charge < -0.3 is 5.73 Å². The van der Waals surface area contributed by atoms with Gasteiger partial charge in [0, 0.05) is 0 Å². The quantitative estimate of drug-likeness (QED) is 0.758. The Morgan fingerprint density at radius 3 is 2.59 bits per heavy atom. The summed E-state index contributed by atoms with van der Waals surface area (Å²) < 4.78 is 0. The van der Waals surface area contributed by atoms with Crippen LogP contribution in [0.3, 0.4) is 0 Å². The maximum Gasteiger partial charge on any atom is 0.238 e. The molecule has 0 radical (unpaired) electrons. The number of carbonyl (C=O) groups excluding carboxylic acids is 1. The van der Waals surface area contributed by atoms with Crippen molar-refractivity contribution >= 4 is 5.91 Å². The molecule has 0 saturated heterocycles. The molecule has 0 aliphatic rings. The first-order valence-corrected chi connectivity index (χ1v) is 5.50. The Morgan fingerprint density at radius 2 is 2.12 bits per heavy atom. The zero-order valence-electron chi connectivity index (χ0n) is 9.73. The summed E-state index contributed by atoms with van der Waals surface area (Å²) in [4.78, 5) is 11.4. The van der Waals surface area contributed by atoms with E-state index in [9.17, 15) is 4.79 Å². The molecule has 0 unspecified atom stereocenters. The summed E-state index contributed by atoms with van der Waals surface area (Å²) in [6, 6.07) is 11.8. The Balaban J connectivity index is 2.78. The molecule has 0 heterocycles. The zero-order valence-corrected chi connectivity index (χ0v) is 9.73. The van der Waals surface area contributed by atoms with Crippen molar-refractivity contribution in [1.29, 1.82) is 5.26 Å². The van der Waals surface area contributed by atoms with Gasteiger partial charge in [-0.1, -0.05) is 36.4 Å². The van der Waals surface area contributed by atoms with Crippen LogP contribution in [0.4, 0.5) is 0 Å². The monoisotopic (exact) mass is 228 g/mol. The van der Waals surface area contributed by atoms with Gasteiger partial charge >= 0.3 is 0 Å². The Kier molecular flexibility index (Phi) is 4.47. The van der Waals surface area contributed by atoms with Gasteiger partial charge in [-0.25, -0.2) is 0 Å². The molecule has 1 atom stereocenters. The standard InChI is InChI=1S/C14H16N2O/c1-2-9-14(11-15,13(16)17)10-8-12-6-4-3-5-7-12/h2-7H,1,8-10H2,(H2,16,17)/t14-/m0/s1. The Bertz CT molecular complexity index is 433. The van der Waals surface area contributed by atoms with Gasteiger partial charge in [-0.2, -0.15) is 5.26 Å². The molecule has 0 aliphatic carbocycles. The maximum absolute atomic E-state index is 11.4. The van der Waals surface area contributed by atoms with Crippen molar-refractivity contribution in [2.24, 2.45) is 11.1 Å². The molecule has 0 bridgehead atoms. The molecule has 1 rings (SSSR count). The molecular weight excluding hydrogens is 212 g/mol. The fourth-order valence-corrected chi connectivity index (χ4v) is 1.73. The molecule has 0 aliphatic heterocycles. The second kappa shape index (κ2) is 5.86. The number of primary amides is 1. The first kappa shape index (κ1) is 13.0. The van der Waals surface area contributed by atoms with E-state index in [0.29, 0.717) is 19.3 Å². The van der Waals surface area contributed by atoms with Crippen molar-refractivity contribution in [1.82, 2.24) is 0 Å². The third-order valence-electron chi connectivity index (χ3n) is 2.86. The van der Waals surface area contributed by atoms with Crippen LogP contribution in [0.2, 0.25) is 0 Å². The number of nitriles is 1. The number of carbonyl (C=O) groups is 1. The molecular formula is C14H16N2O. The highest BCUT2D eigenvalue weighted by molar-refractivity contribution is 5.83. The summed E-state index contributed by atoms with van der Waals surface area (Å²) in [5.41, 5.74) is 5.29. The van der Waals surface area contributed by atoms with Crippen LogP contribution >= 0.6 is 0 Å². The molecule has 3 nitrogen and oxygen atoms in total. The first-order valence-electron chi connectivity index (χ1n) is 5.50. The van der Waals surface area contributed by atoms with Crippen molar-refractivity contribution in [2.75, 3.05) is 0 Å². The number of aryl methyl sites for hydroxylation is 1. The Labute approximate surface area is 102 Å². The van der Waals surface area contributed by atoms with Crippen molar-refractivity contribution < 1.29 is 4.79 Å². The van der Waals surface area contributed by atoms with E-state index in [1.165, 1.54) is 0 Å². The molecule has 2 N–H and O–H groups in total. The predicted molar refractivity (Wildman–Crippen MR) is 66.8 cm³/mol. The van der Waals surface area contributed by atoms with Crippen LogP contribution < -0.4 is 5.73 Å². The fraction of sp³-hybridized carbons (Fsp3) is 0.286. The highest BCUT2D eigenvalue weighted by Gasteiger charge is 2.35. The van der Waals surface area contributed by atoms with Gasteiger partial charge in [0.1, 0.15) is 5.41 Å². The summed E-state index contributed by atoms with van der Waals surface area (Å²) in [6.07, 6.45) is 2.95. The van der Waals surface area contributed by atoms with Gasteiger partial charge in [0.05, 0.1) is 6.07 Å². The average molecular weight is 228 g/mol. The Morgan fingerprint density at radius 1 is 1.47 bits per heavy atom. The average Bonchev–Trinajstić information content (AvgIpc) is 2.35. The van der Waals surface area contributed by atoms with Crippen LogP contribution in [0.1, 0.15) is 18.4 Å². The summed E-state index contributed by atoms with van der Waals surface area (Å²) in [5, 5.41) is 9.16. The third-order valence-corrected chi connectivity index (χ3v) is 2.86. The van der Waals surface area contributed by atoms with E-state index in [1.54, 1.807) is 6.08 Å². The smallest absolute Gasteiger partial charge is 0.238 e. The molecule has 3 heteroatoms. The molecule has 0 aromatic heterocycles. The van der Waals surface area contributed by atoms with Crippen LogP contribution in [0.15, 0.2) is 43.0 Å². The van der Waals surface area contributed by atoms with Crippen LogP contribution in [0.25, 0.3) is 0 Å². The zero-order chi connectivity index (χ0) is 12.7. The molecule has 0 fully saturated rings. The van der Waals surface area contributed by atoms with Crippen LogP contribution in [-0.2, 0) is 11.2 Å². The number of nitrogens with two attached hydrogens (primary N) is 1. The normalized spacial score (nSPS) is 13.4. The van der Waals surface area contributed by atoms with Crippen LogP contribution in [0.5, 0.6) is 0 Å². The van der Waals surface area contributed by atoms with Gasteiger partial charge in [0.25, 0.3) is 0 Å². The molecule has 1 aromatic rings. The molecule has 17 heavy (non-hydrogen) atoms. The van der Waals surface area contributed by atoms with Crippen LogP contribution in [-0.4, -0.2) is 5.91 Å². The number of nitrogens with zero attached hydrogens (tertiary/aromatic N) is 1. The Hall–Kier alpha value is -2.08. The third kappa shape index (κ3) is 3.18. The SMILES string of the molecule is C=CC[C@@](C#N)(CCc1ccccc1)C(N)=O. The highest BCUT2D eigenvalue weighted by Crippen LogP contribution is 2.27. The largest absolute Gasteiger partial charge is 0.368 e. The number of hydrogen-bond acceptors (Lipinski definition) is 2. The van der Waals surface area contributed by atoms with E-state index in [4.69, 9.17) is 11.0 Å². The van der Waals surface area contributed by atoms with Crippen molar-refractivity contribution in [3.8, 4) is 6.07 Å². The van der Waals surface area contributed by atoms with E-state index in [-0.39, 0.29) is 0 Å². The lowest BCUT2D eigenvalue weighted by Gasteiger charge is -2.21. The fourth-order valence-electron chi connectivity index (χ4n) is 1.73. The number of allylic oxidation sites excluding steroid dienone is 1. The number of rotatable bonds is 6. The van der Waals surface area contributed by atoms with Gasteiger partial charge in [-0.05, 0) is 24.8 Å². The summed E-state index contributed by atoms with van der Waals surface area (Å²) in [5.74, 6) is -0.573. The lowest BCUT2D eigenvalue weighted by molar-refractivity contribution is -0.125. The predicted octanol–water partition coefficient (Wildman–Crippen LogP) is 2.19. The first-order chi connectivity index (χ1) is 8.14. The molecule has 0 spiro atoms. The van der Waals surface area contributed by atoms with E-state index in [2.05, 4.69) is 6.58 Å². The minimum atomic E-state index is -1.13. The second-order valence-electron chi connectivity index (χ2n) is 4.04. The molecule has 1 amide bonds. The highest BCUT2D eigenvalue weighted by atomic mass is 16.1. The minimum absolute atomic E-state index is 0.297. The lowest BCUT2D eigenvalue weighted by Crippen LogP contribution is -2.36. The van der Waals surface area contributed by atoms with Gasteiger partial charge in [-0.3, -0.25) is 4.79 Å². The molecule has 88 valence electrons.